The van der Waals surface area contributed by atoms with E-state index in [1.165, 1.54) is 39.9 Å². The Balaban J connectivity index is 1.51. The Kier molecular flexibility index (Phi) is 7.61. The number of nitrogens with zero attached hydrogens (tertiary/aromatic N) is 3. The minimum absolute atomic E-state index is 0.0774. The summed E-state index contributed by atoms with van der Waals surface area (Å²) in [7, 11) is -4.06. The molecule has 0 aliphatic rings. The van der Waals surface area contributed by atoms with E-state index in [1.54, 1.807) is 30.6 Å². The number of sulfonamides is 1. The summed E-state index contributed by atoms with van der Waals surface area (Å²) in [4.78, 5) is 4.49. The van der Waals surface area contributed by atoms with Gasteiger partial charge in [0.2, 0.25) is 0 Å². The Morgan fingerprint density at radius 2 is 1.70 bits per heavy atom. The molecule has 0 bridgehead atoms. The maximum atomic E-state index is 14.1. The molecule has 2 heterocycles. The summed E-state index contributed by atoms with van der Waals surface area (Å²) in [6, 6.07) is 19.4. The van der Waals surface area contributed by atoms with Crippen LogP contribution in [0.4, 0.5) is 18.2 Å². The molecule has 2 aromatic heterocycles. The van der Waals surface area contributed by atoms with Crippen LogP contribution in [0.5, 0.6) is 5.75 Å². The van der Waals surface area contributed by atoms with Crippen LogP contribution < -0.4 is 9.04 Å². The molecule has 0 aliphatic heterocycles. The molecule has 6 nitrogen and oxygen atoms in total. The zero-order valence-corrected chi connectivity index (χ0v) is 23.4. The first-order valence-corrected chi connectivity index (χ1v) is 14.8. The quantitative estimate of drug-likeness (QED) is 0.178. The lowest BCUT2D eigenvalue weighted by molar-refractivity contribution is -0.274. The normalized spacial score (nSPS) is 12.1. The highest BCUT2D eigenvalue weighted by molar-refractivity contribution is 7.93. The van der Waals surface area contributed by atoms with Crippen LogP contribution in [0.25, 0.3) is 15.8 Å². The molecule has 0 fully saturated rings. The number of aromatic nitrogens is 2. The summed E-state index contributed by atoms with van der Waals surface area (Å²) in [6.45, 7) is 3.87. The van der Waals surface area contributed by atoms with Gasteiger partial charge in [-0.05, 0) is 72.3 Å². The second-order valence-electron chi connectivity index (χ2n) is 9.25. The Morgan fingerprint density at radius 3 is 2.35 bits per heavy atom. The van der Waals surface area contributed by atoms with Crippen molar-refractivity contribution in [1.82, 2.24) is 9.55 Å². The molecule has 40 heavy (non-hydrogen) atoms. The Morgan fingerprint density at radius 1 is 1.00 bits per heavy atom. The summed E-state index contributed by atoms with van der Waals surface area (Å²) >= 11 is 1.35. The van der Waals surface area contributed by atoms with E-state index in [0.717, 1.165) is 39.9 Å². The number of ether oxygens (including phenoxy) is 1. The first-order valence-electron chi connectivity index (χ1n) is 12.5. The van der Waals surface area contributed by atoms with E-state index in [-0.39, 0.29) is 17.2 Å². The number of imidazole rings is 1. The van der Waals surface area contributed by atoms with Crippen LogP contribution in [0.15, 0.2) is 90.2 Å². The molecule has 0 radical (unpaired) electrons. The molecule has 0 spiro atoms. The van der Waals surface area contributed by atoms with E-state index in [2.05, 4.69) is 16.6 Å². The number of hydrogen-bond donors (Lipinski definition) is 0. The zero-order valence-electron chi connectivity index (χ0n) is 21.7. The molecule has 0 unspecified atom stereocenters. The minimum atomic E-state index is -4.81. The van der Waals surface area contributed by atoms with Gasteiger partial charge in [0.05, 0.1) is 23.5 Å². The lowest BCUT2D eigenvalue weighted by Crippen LogP contribution is -2.30. The molecule has 5 aromatic rings. The number of hydrogen-bond acceptors (Lipinski definition) is 5. The third-order valence-corrected chi connectivity index (χ3v) is 9.56. The van der Waals surface area contributed by atoms with Gasteiger partial charge in [-0.2, -0.15) is 0 Å². The van der Waals surface area contributed by atoms with Gasteiger partial charge >= 0.3 is 6.36 Å². The number of halogens is 3. The maximum Gasteiger partial charge on any atom is 0.573 e. The Labute approximate surface area is 234 Å². The van der Waals surface area contributed by atoms with Crippen molar-refractivity contribution in [3.8, 4) is 11.4 Å². The number of thiophene rings is 1. The van der Waals surface area contributed by atoms with Crippen molar-refractivity contribution in [2.24, 2.45) is 0 Å². The summed E-state index contributed by atoms with van der Waals surface area (Å²) in [5.74, 6) is -0.374. The zero-order chi connectivity index (χ0) is 28.5. The van der Waals surface area contributed by atoms with Gasteiger partial charge in [-0.25, -0.2) is 13.4 Å². The number of rotatable bonds is 9. The summed E-state index contributed by atoms with van der Waals surface area (Å²) in [6.07, 6.45) is 0.636. The van der Waals surface area contributed by atoms with Crippen LogP contribution in [0.3, 0.4) is 0 Å². The van der Waals surface area contributed by atoms with E-state index in [0.29, 0.717) is 10.6 Å². The molecule has 0 saturated heterocycles. The van der Waals surface area contributed by atoms with Gasteiger partial charge in [0, 0.05) is 16.6 Å². The topological polar surface area (TPSA) is 64.4 Å². The van der Waals surface area contributed by atoms with E-state index < -0.39 is 16.4 Å². The van der Waals surface area contributed by atoms with Gasteiger partial charge in [-0.15, -0.1) is 24.5 Å². The van der Waals surface area contributed by atoms with Crippen molar-refractivity contribution in [3.05, 3.63) is 102 Å². The van der Waals surface area contributed by atoms with E-state index >= 15 is 0 Å². The molecule has 0 aliphatic carbocycles. The fraction of sp³-hybridized carbons (Fsp3) is 0.207. The highest BCUT2D eigenvalue weighted by atomic mass is 32.2. The van der Waals surface area contributed by atoms with Gasteiger partial charge in [-0.1, -0.05) is 43.7 Å². The fourth-order valence-corrected chi connectivity index (χ4v) is 7.37. The molecular weight excluding hydrogens is 559 g/mol. The van der Waals surface area contributed by atoms with Crippen LogP contribution in [0, 0.1) is 6.92 Å². The Hall–Kier alpha value is -3.83. The molecule has 0 N–H and O–H groups in total. The van der Waals surface area contributed by atoms with Gasteiger partial charge in [0.15, 0.2) is 0 Å². The molecule has 0 amide bonds. The van der Waals surface area contributed by atoms with Crippen LogP contribution in [-0.2, 0) is 23.0 Å². The Bertz CT molecular complexity index is 1730. The predicted octanol–water partition coefficient (Wildman–Crippen LogP) is 7.64. The molecule has 0 saturated carbocycles. The molecule has 208 valence electrons. The number of anilines is 1. The standard InChI is InChI=1S/C29H26F3N3O3S2/c1-3-6-22-18-34(19-33-22)23-11-15-25(16-12-23)40(36,37)35(28-20(2)26-7-4-5-8-27(26)39-28)17-21-9-13-24(14-10-21)38-29(30,31)32/h4-5,7-16,18-19H,3,6,17H2,1-2H3. The van der Waals surface area contributed by atoms with Crippen molar-refractivity contribution < 1.29 is 26.3 Å². The summed E-state index contributed by atoms with van der Waals surface area (Å²) in [5.41, 5.74) is 3.05. The summed E-state index contributed by atoms with van der Waals surface area (Å²) in [5, 5.41) is 1.48. The van der Waals surface area contributed by atoms with E-state index in [9.17, 15) is 21.6 Å². The third kappa shape index (κ3) is 5.85. The van der Waals surface area contributed by atoms with Crippen LogP contribution in [-0.4, -0.2) is 24.3 Å². The lowest BCUT2D eigenvalue weighted by Gasteiger charge is -2.24. The van der Waals surface area contributed by atoms with Gasteiger partial charge in [0.25, 0.3) is 10.0 Å². The number of benzene rings is 3. The molecule has 5 rings (SSSR count). The number of fused-ring (bicyclic) bond motifs is 1. The van der Waals surface area contributed by atoms with Gasteiger partial charge < -0.3 is 9.30 Å². The number of aryl methyl sites for hydroxylation is 2. The fourth-order valence-electron chi connectivity index (χ4n) is 4.44. The van der Waals surface area contributed by atoms with E-state index in [1.807, 2.05) is 42.0 Å². The monoisotopic (exact) mass is 585 g/mol. The van der Waals surface area contributed by atoms with Crippen molar-refractivity contribution in [3.63, 3.8) is 0 Å². The van der Waals surface area contributed by atoms with Crippen molar-refractivity contribution in [2.75, 3.05) is 4.31 Å². The minimum Gasteiger partial charge on any atom is -0.406 e. The van der Waals surface area contributed by atoms with Crippen LogP contribution in [0.1, 0.15) is 30.2 Å². The average Bonchev–Trinajstić information content (AvgIpc) is 3.52. The lowest BCUT2D eigenvalue weighted by atomic mass is 10.2. The highest BCUT2D eigenvalue weighted by Crippen LogP contribution is 2.41. The second kappa shape index (κ2) is 11.0. The van der Waals surface area contributed by atoms with E-state index in [4.69, 9.17) is 0 Å². The molecule has 11 heteroatoms. The maximum absolute atomic E-state index is 14.1. The van der Waals surface area contributed by atoms with Crippen molar-refractivity contribution in [1.29, 1.82) is 0 Å². The van der Waals surface area contributed by atoms with Gasteiger partial charge in [-0.3, -0.25) is 4.31 Å². The average molecular weight is 586 g/mol. The highest BCUT2D eigenvalue weighted by Gasteiger charge is 2.32. The summed E-state index contributed by atoms with van der Waals surface area (Å²) < 4.78 is 74.1. The largest absolute Gasteiger partial charge is 0.573 e. The van der Waals surface area contributed by atoms with Crippen molar-refractivity contribution >= 4 is 36.4 Å². The first kappa shape index (κ1) is 27.7. The first-order chi connectivity index (χ1) is 19.0. The van der Waals surface area contributed by atoms with Crippen molar-refractivity contribution in [2.45, 2.75) is 44.5 Å². The van der Waals surface area contributed by atoms with Crippen LogP contribution in [0.2, 0.25) is 0 Å². The molecule has 0 atom stereocenters. The SMILES string of the molecule is CCCc1cn(-c2ccc(S(=O)(=O)N(Cc3ccc(OC(F)(F)F)cc3)c3sc4ccccc4c3C)cc2)cn1. The van der Waals surface area contributed by atoms with Gasteiger partial charge in [0.1, 0.15) is 10.8 Å². The molecule has 3 aromatic carbocycles. The second-order valence-corrected chi connectivity index (χ2v) is 12.1. The predicted molar refractivity (Wildman–Crippen MR) is 151 cm³/mol. The van der Waals surface area contributed by atoms with Crippen LogP contribution >= 0.6 is 11.3 Å². The molecular formula is C29H26F3N3O3S2. The number of alkyl halides is 3. The smallest absolute Gasteiger partial charge is 0.406 e. The third-order valence-electron chi connectivity index (χ3n) is 6.39.